The smallest absolute Gasteiger partial charge is 0.341 e. The lowest BCUT2D eigenvalue weighted by molar-refractivity contribution is 0.0527. The Balaban J connectivity index is 3.03. The van der Waals surface area contributed by atoms with Crippen molar-refractivity contribution < 1.29 is 9.53 Å². The first kappa shape index (κ1) is 13.8. The lowest BCUT2D eigenvalue weighted by Crippen LogP contribution is -2.23. The van der Waals surface area contributed by atoms with Crippen molar-refractivity contribution in [3.63, 3.8) is 0 Å². The maximum absolute atomic E-state index is 11.8. The van der Waals surface area contributed by atoms with E-state index in [0.29, 0.717) is 30.0 Å². The molecular formula is C12H16N4O2. The summed E-state index contributed by atoms with van der Waals surface area (Å²) >= 11 is 0. The van der Waals surface area contributed by atoms with Gasteiger partial charge in [0.2, 0.25) is 0 Å². The topological polar surface area (TPSA) is 92.2 Å². The van der Waals surface area contributed by atoms with Crippen molar-refractivity contribution in [2.75, 3.05) is 30.8 Å². The van der Waals surface area contributed by atoms with Crippen LogP contribution < -0.4 is 10.6 Å². The Labute approximate surface area is 106 Å². The van der Waals surface area contributed by atoms with Crippen LogP contribution in [0.5, 0.6) is 0 Å². The van der Waals surface area contributed by atoms with E-state index in [1.54, 1.807) is 18.9 Å². The van der Waals surface area contributed by atoms with E-state index in [0.717, 1.165) is 0 Å². The summed E-state index contributed by atoms with van der Waals surface area (Å²) in [5, 5.41) is 8.56. The molecule has 0 aliphatic carbocycles. The molecule has 0 radical (unpaired) electrons. The van der Waals surface area contributed by atoms with E-state index < -0.39 is 5.97 Å². The van der Waals surface area contributed by atoms with Gasteiger partial charge in [-0.2, -0.15) is 5.26 Å². The highest BCUT2D eigenvalue weighted by atomic mass is 16.5. The van der Waals surface area contributed by atoms with E-state index in [9.17, 15) is 4.79 Å². The minimum Gasteiger partial charge on any atom is -0.462 e. The Kier molecular flexibility index (Phi) is 4.93. The van der Waals surface area contributed by atoms with Crippen LogP contribution in [0.1, 0.15) is 23.7 Å². The van der Waals surface area contributed by atoms with Gasteiger partial charge in [-0.1, -0.05) is 0 Å². The molecule has 0 atom stereocenters. The first-order valence-corrected chi connectivity index (χ1v) is 5.60. The molecular weight excluding hydrogens is 232 g/mol. The number of ether oxygens (including phenoxy) is 1. The molecule has 1 aromatic rings. The maximum Gasteiger partial charge on any atom is 0.341 e. The number of nitriles is 1. The number of carbonyl (C=O) groups is 1. The Hall–Kier alpha value is -2.29. The minimum atomic E-state index is -0.462. The average molecular weight is 248 g/mol. The van der Waals surface area contributed by atoms with Crippen LogP contribution in [-0.2, 0) is 4.74 Å². The van der Waals surface area contributed by atoms with Gasteiger partial charge in [0, 0.05) is 13.6 Å². The molecule has 0 unspecified atom stereocenters. The average Bonchev–Trinajstić information content (AvgIpc) is 2.36. The van der Waals surface area contributed by atoms with E-state index in [2.05, 4.69) is 4.98 Å². The fraction of sp³-hybridized carbons (Fsp3) is 0.417. The molecule has 0 aromatic carbocycles. The number of esters is 1. The van der Waals surface area contributed by atoms with Crippen molar-refractivity contribution in [2.45, 2.75) is 13.3 Å². The summed E-state index contributed by atoms with van der Waals surface area (Å²) in [6.45, 7) is 2.51. The fourth-order valence-electron chi connectivity index (χ4n) is 1.46. The van der Waals surface area contributed by atoms with Gasteiger partial charge >= 0.3 is 5.97 Å². The number of nitrogens with zero attached hydrogens (tertiary/aromatic N) is 3. The zero-order valence-electron chi connectivity index (χ0n) is 10.5. The second kappa shape index (κ2) is 6.45. The number of aromatic nitrogens is 1. The molecule has 0 amide bonds. The first-order chi connectivity index (χ1) is 8.60. The van der Waals surface area contributed by atoms with Gasteiger partial charge in [0.1, 0.15) is 11.4 Å². The first-order valence-electron chi connectivity index (χ1n) is 5.60. The van der Waals surface area contributed by atoms with E-state index >= 15 is 0 Å². The molecule has 0 spiro atoms. The number of carbonyl (C=O) groups excluding carboxylic acids is 1. The molecule has 6 nitrogen and oxygen atoms in total. The number of nitrogen functional groups attached to an aromatic ring is 1. The van der Waals surface area contributed by atoms with Gasteiger partial charge in [0.15, 0.2) is 0 Å². The quantitative estimate of drug-likeness (QED) is 0.787. The second-order valence-corrected chi connectivity index (χ2v) is 3.69. The molecule has 1 heterocycles. The minimum absolute atomic E-state index is 0.287. The molecule has 0 aliphatic heterocycles. The monoisotopic (exact) mass is 248 g/mol. The summed E-state index contributed by atoms with van der Waals surface area (Å²) in [5.41, 5.74) is 6.34. The van der Waals surface area contributed by atoms with Gasteiger partial charge in [-0.05, 0) is 13.0 Å². The standard InChI is InChI=1S/C12H16N4O2/c1-3-18-12(17)10-7-9(14)8-15-11(10)16(2)6-4-5-13/h7-8H,3-4,6,14H2,1-2H3. The summed E-state index contributed by atoms with van der Waals surface area (Å²) in [7, 11) is 1.76. The van der Waals surface area contributed by atoms with Crippen molar-refractivity contribution in [3.8, 4) is 6.07 Å². The number of hydrogen-bond acceptors (Lipinski definition) is 6. The molecule has 2 N–H and O–H groups in total. The van der Waals surface area contributed by atoms with Crippen LogP contribution in [0.3, 0.4) is 0 Å². The van der Waals surface area contributed by atoms with Crippen molar-refractivity contribution in [1.82, 2.24) is 4.98 Å². The van der Waals surface area contributed by atoms with Gasteiger partial charge in [-0.15, -0.1) is 0 Å². The van der Waals surface area contributed by atoms with E-state index in [4.69, 9.17) is 15.7 Å². The Morgan fingerprint density at radius 1 is 1.67 bits per heavy atom. The number of nitrogens with two attached hydrogens (primary N) is 1. The third-order valence-electron chi connectivity index (χ3n) is 2.30. The van der Waals surface area contributed by atoms with Crippen LogP contribution in [0.15, 0.2) is 12.3 Å². The zero-order chi connectivity index (χ0) is 13.5. The van der Waals surface area contributed by atoms with Gasteiger partial charge in [0.05, 0.1) is 31.0 Å². The molecule has 96 valence electrons. The van der Waals surface area contributed by atoms with Crippen LogP contribution in [0, 0.1) is 11.3 Å². The van der Waals surface area contributed by atoms with Gasteiger partial charge in [-0.25, -0.2) is 9.78 Å². The van der Waals surface area contributed by atoms with E-state index in [-0.39, 0.29) is 6.61 Å². The molecule has 0 saturated heterocycles. The molecule has 0 saturated carbocycles. The molecule has 1 rings (SSSR count). The molecule has 0 bridgehead atoms. The molecule has 1 aromatic heterocycles. The highest BCUT2D eigenvalue weighted by Gasteiger charge is 2.17. The summed E-state index contributed by atoms with van der Waals surface area (Å²) < 4.78 is 4.95. The van der Waals surface area contributed by atoms with Crippen LogP contribution in [0.4, 0.5) is 11.5 Å². The third kappa shape index (κ3) is 3.35. The number of pyridine rings is 1. The normalized spacial score (nSPS) is 9.61. The van der Waals surface area contributed by atoms with E-state index in [1.807, 2.05) is 6.07 Å². The maximum atomic E-state index is 11.8. The van der Waals surface area contributed by atoms with Crippen LogP contribution in [0.2, 0.25) is 0 Å². The lowest BCUT2D eigenvalue weighted by Gasteiger charge is -2.19. The Bertz CT molecular complexity index is 468. The van der Waals surface area contributed by atoms with Crippen molar-refractivity contribution in [2.24, 2.45) is 0 Å². The zero-order valence-corrected chi connectivity index (χ0v) is 10.5. The second-order valence-electron chi connectivity index (χ2n) is 3.69. The molecule has 18 heavy (non-hydrogen) atoms. The largest absolute Gasteiger partial charge is 0.462 e. The van der Waals surface area contributed by atoms with Crippen LogP contribution in [0.25, 0.3) is 0 Å². The Morgan fingerprint density at radius 2 is 2.39 bits per heavy atom. The summed E-state index contributed by atoms with van der Waals surface area (Å²) in [6.07, 6.45) is 1.83. The molecule has 0 aliphatic rings. The van der Waals surface area contributed by atoms with Crippen molar-refractivity contribution in [3.05, 3.63) is 17.8 Å². The van der Waals surface area contributed by atoms with E-state index in [1.165, 1.54) is 12.3 Å². The molecule has 0 fully saturated rings. The number of rotatable bonds is 5. The SMILES string of the molecule is CCOC(=O)c1cc(N)cnc1N(C)CCC#N. The number of hydrogen-bond donors (Lipinski definition) is 1. The van der Waals surface area contributed by atoms with Gasteiger partial charge in [-0.3, -0.25) is 0 Å². The summed E-state index contributed by atoms with van der Waals surface area (Å²) in [6, 6.07) is 3.57. The van der Waals surface area contributed by atoms with Crippen LogP contribution >= 0.6 is 0 Å². The predicted molar refractivity (Wildman–Crippen MR) is 68.1 cm³/mol. The predicted octanol–water partition coefficient (Wildman–Crippen LogP) is 1.19. The Morgan fingerprint density at radius 3 is 3.00 bits per heavy atom. The fourth-order valence-corrected chi connectivity index (χ4v) is 1.46. The lowest BCUT2D eigenvalue weighted by atomic mass is 10.2. The summed E-state index contributed by atoms with van der Waals surface area (Å²) in [5.74, 6) is 0.00834. The highest BCUT2D eigenvalue weighted by Crippen LogP contribution is 2.20. The molecule has 6 heteroatoms. The van der Waals surface area contributed by atoms with Gasteiger partial charge < -0.3 is 15.4 Å². The highest BCUT2D eigenvalue weighted by molar-refractivity contribution is 5.95. The van der Waals surface area contributed by atoms with Gasteiger partial charge in [0.25, 0.3) is 0 Å². The van der Waals surface area contributed by atoms with Crippen molar-refractivity contribution in [1.29, 1.82) is 5.26 Å². The van der Waals surface area contributed by atoms with Crippen LogP contribution in [-0.4, -0.2) is 31.2 Å². The third-order valence-corrected chi connectivity index (χ3v) is 2.30. The summed E-state index contributed by atoms with van der Waals surface area (Å²) in [4.78, 5) is 17.6. The number of anilines is 2. The van der Waals surface area contributed by atoms with Crippen molar-refractivity contribution >= 4 is 17.5 Å².